The van der Waals surface area contributed by atoms with E-state index in [1.165, 1.54) is 102 Å². The van der Waals surface area contributed by atoms with Gasteiger partial charge in [-0.1, -0.05) is 181 Å². The van der Waals surface area contributed by atoms with Crippen molar-refractivity contribution in [1.29, 1.82) is 0 Å². The molecule has 0 aliphatic heterocycles. The van der Waals surface area contributed by atoms with Crippen LogP contribution >= 0.6 is 0 Å². The lowest BCUT2D eigenvalue weighted by Crippen LogP contribution is -2.34. The molecular weight excluding hydrogens is 747 g/mol. The molecule has 0 fully saturated rings. The van der Waals surface area contributed by atoms with Gasteiger partial charge in [-0.05, 0) is 151 Å². The standard InChI is InChI=1S/C61H55N/c1-40-35-55-56(59(4,5)34-33-58(55,2)3)38-48(40)50-37-49-46-28-18-20-30-52(46)61(41-21-11-8-12-22-41,42-23-13-9-14-24-42)54(49)39-57(50)62(43-25-15-10-16-26-43)44-31-32-47-45-27-17-19-29-51(45)60(6,7)53(47)36-44/h8-32,35-39H,33-34H2,1-7H3. The highest BCUT2D eigenvalue weighted by atomic mass is 15.1. The molecule has 3 aliphatic rings. The van der Waals surface area contributed by atoms with Crippen molar-refractivity contribution in [3.8, 4) is 33.4 Å². The minimum Gasteiger partial charge on any atom is -0.310 e. The van der Waals surface area contributed by atoms with Gasteiger partial charge < -0.3 is 4.90 Å². The summed E-state index contributed by atoms with van der Waals surface area (Å²) in [5.74, 6) is 0. The predicted octanol–water partition coefficient (Wildman–Crippen LogP) is 16.2. The lowest BCUT2D eigenvalue weighted by Gasteiger charge is -2.42. The summed E-state index contributed by atoms with van der Waals surface area (Å²) in [6.07, 6.45) is 2.36. The van der Waals surface area contributed by atoms with Gasteiger partial charge in [0.2, 0.25) is 0 Å². The van der Waals surface area contributed by atoms with Gasteiger partial charge in [-0.15, -0.1) is 0 Å². The van der Waals surface area contributed by atoms with Gasteiger partial charge in [-0.25, -0.2) is 0 Å². The summed E-state index contributed by atoms with van der Waals surface area (Å²) >= 11 is 0. The minimum atomic E-state index is -0.539. The van der Waals surface area contributed by atoms with Crippen molar-refractivity contribution in [2.24, 2.45) is 0 Å². The second-order valence-electron chi connectivity index (χ2n) is 20.0. The number of nitrogens with zero attached hydrogens (tertiary/aromatic N) is 1. The zero-order valence-electron chi connectivity index (χ0n) is 37.2. The summed E-state index contributed by atoms with van der Waals surface area (Å²) in [5.41, 5.74) is 23.0. The maximum atomic E-state index is 2.59. The highest BCUT2D eigenvalue weighted by Crippen LogP contribution is 2.60. The van der Waals surface area contributed by atoms with Gasteiger partial charge in [-0.3, -0.25) is 0 Å². The van der Waals surface area contributed by atoms with E-state index in [1.54, 1.807) is 0 Å². The fourth-order valence-electron chi connectivity index (χ4n) is 11.7. The largest absolute Gasteiger partial charge is 0.310 e. The van der Waals surface area contributed by atoms with Gasteiger partial charge in [0.25, 0.3) is 0 Å². The Hall–Kier alpha value is -6.44. The number of aryl methyl sites for hydroxylation is 1. The molecular formula is C61H55N. The Kier molecular flexibility index (Phi) is 8.55. The number of benzene rings is 8. The van der Waals surface area contributed by atoms with Crippen LogP contribution < -0.4 is 4.90 Å². The average molecular weight is 802 g/mol. The van der Waals surface area contributed by atoms with Gasteiger partial charge in [-0.2, -0.15) is 0 Å². The molecule has 0 unspecified atom stereocenters. The van der Waals surface area contributed by atoms with Crippen molar-refractivity contribution in [3.63, 3.8) is 0 Å². The van der Waals surface area contributed by atoms with E-state index >= 15 is 0 Å². The molecule has 8 aromatic rings. The topological polar surface area (TPSA) is 3.24 Å². The van der Waals surface area contributed by atoms with Crippen molar-refractivity contribution < 1.29 is 0 Å². The molecule has 62 heavy (non-hydrogen) atoms. The molecule has 0 spiro atoms. The first kappa shape index (κ1) is 38.5. The fraction of sp³-hybridized carbons (Fsp3) is 0.213. The van der Waals surface area contributed by atoms with E-state index in [2.05, 4.69) is 235 Å². The molecule has 0 radical (unpaired) electrons. The van der Waals surface area contributed by atoms with Crippen molar-refractivity contribution in [1.82, 2.24) is 0 Å². The normalized spacial score (nSPS) is 16.7. The Balaban J connectivity index is 1.27. The van der Waals surface area contributed by atoms with Crippen LogP contribution in [0.1, 0.15) is 104 Å². The zero-order valence-corrected chi connectivity index (χ0v) is 37.2. The summed E-state index contributed by atoms with van der Waals surface area (Å²) < 4.78 is 0. The Labute approximate surface area is 368 Å². The number of para-hydroxylation sites is 1. The van der Waals surface area contributed by atoms with Crippen LogP contribution in [0.3, 0.4) is 0 Å². The lowest BCUT2D eigenvalue weighted by atomic mass is 9.62. The van der Waals surface area contributed by atoms with Gasteiger partial charge in [0, 0.05) is 22.4 Å². The third kappa shape index (κ3) is 5.53. The first-order valence-corrected chi connectivity index (χ1v) is 22.6. The van der Waals surface area contributed by atoms with Crippen LogP contribution in [-0.4, -0.2) is 0 Å². The third-order valence-electron chi connectivity index (χ3n) is 15.1. The fourth-order valence-corrected chi connectivity index (χ4v) is 11.7. The molecule has 0 heterocycles. The van der Waals surface area contributed by atoms with Crippen LogP contribution in [0.5, 0.6) is 0 Å². The van der Waals surface area contributed by atoms with Crippen LogP contribution in [0.25, 0.3) is 33.4 Å². The maximum Gasteiger partial charge on any atom is 0.0714 e. The number of hydrogen-bond donors (Lipinski definition) is 0. The monoisotopic (exact) mass is 801 g/mol. The number of hydrogen-bond acceptors (Lipinski definition) is 1. The van der Waals surface area contributed by atoms with E-state index in [0.717, 1.165) is 11.4 Å². The Morgan fingerprint density at radius 1 is 0.355 bits per heavy atom. The highest BCUT2D eigenvalue weighted by molar-refractivity contribution is 5.98. The first-order valence-electron chi connectivity index (χ1n) is 22.6. The van der Waals surface area contributed by atoms with Gasteiger partial charge in [0.05, 0.1) is 11.1 Å². The van der Waals surface area contributed by atoms with Crippen LogP contribution in [0, 0.1) is 6.92 Å². The summed E-state index contributed by atoms with van der Waals surface area (Å²) in [6, 6.07) is 69.2. The summed E-state index contributed by atoms with van der Waals surface area (Å²) in [7, 11) is 0. The van der Waals surface area contributed by atoms with E-state index in [1.807, 2.05) is 0 Å². The molecule has 8 aromatic carbocycles. The Morgan fingerprint density at radius 3 is 1.50 bits per heavy atom. The highest BCUT2D eigenvalue weighted by Gasteiger charge is 2.47. The Morgan fingerprint density at radius 2 is 0.871 bits per heavy atom. The van der Waals surface area contributed by atoms with E-state index in [4.69, 9.17) is 0 Å². The van der Waals surface area contributed by atoms with Crippen molar-refractivity contribution in [3.05, 3.63) is 232 Å². The third-order valence-corrected chi connectivity index (χ3v) is 15.1. The molecule has 11 rings (SSSR count). The van der Waals surface area contributed by atoms with E-state index in [-0.39, 0.29) is 16.2 Å². The quantitative estimate of drug-likeness (QED) is 0.162. The van der Waals surface area contributed by atoms with Crippen molar-refractivity contribution in [2.45, 2.75) is 83.0 Å². The van der Waals surface area contributed by atoms with Crippen LogP contribution in [0.4, 0.5) is 17.1 Å². The number of rotatable bonds is 6. The lowest BCUT2D eigenvalue weighted by molar-refractivity contribution is 0.332. The maximum absolute atomic E-state index is 2.59. The molecule has 304 valence electrons. The Bertz CT molecular complexity index is 3000. The van der Waals surface area contributed by atoms with Crippen LogP contribution in [0.15, 0.2) is 182 Å². The summed E-state index contributed by atoms with van der Waals surface area (Å²) in [5, 5.41) is 0. The van der Waals surface area contributed by atoms with E-state index in [9.17, 15) is 0 Å². The number of fused-ring (bicyclic) bond motifs is 7. The predicted molar refractivity (Wildman–Crippen MR) is 261 cm³/mol. The molecule has 0 atom stereocenters. The SMILES string of the molecule is Cc1cc2c(cc1-c1cc3c(cc1N(c1ccccc1)c1ccc4c(c1)C(C)(C)c1ccccc1-4)C(c1ccccc1)(c1ccccc1)c1ccccc1-3)C(C)(C)CCC2(C)C. The summed E-state index contributed by atoms with van der Waals surface area (Å²) in [6.45, 7) is 16.9. The van der Waals surface area contributed by atoms with E-state index in [0.29, 0.717) is 0 Å². The van der Waals surface area contributed by atoms with Crippen molar-refractivity contribution in [2.75, 3.05) is 4.90 Å². The van der Waals surface area contributed by atoms with Gasteiger partial charge in [0.1, 0.15) is 0 Å². The van der Waals surface area contributed by atoms with Crippen molar-refractivity contribution >= 4 is 17.1 Å². The number of anilines is 3. The summed E-state index contributed by atoms with van der Waals surface area (Å²) in [4.78, 5) is 2.56. The zero-order chi connectivity index (χ0) is 42.6. The second-order valence-corrected chi connectivity index (χ2v) is 20.0. The second kappa shape index (κ2) is 13.8. The van der Waals surface area contributed by atoms with Crippen LogP contribution in [0.2, 0.25) is 0 Å². The molecule has 0 amide bonds. The molecule has 0 aromatic heterocycles. The minimum absolute atomic E-state index is 0.0618. The van der Waals surface area contributed by atoms with Gasteiger partial charge in [0.15, 0.2) is 0 Å². The molecule has 0 saturated carbocycles. The van der Waals surface area contributed by atoms with E-state index < -0.39 is 5.41 Å². The molecule has 1 heteroatoms. The van der Waals surface area contributed by atoms with Gasteiger partial charge >= 0.3 is 0 Å². The molecule has 0 bridgehead atoms. The molecule has 0 N–H and O–H groups in total. The molecule has 3 aliphatic carbocycles. The molecule has 1 nitrogen and oxygen atoms in total. The smallest absolute Gasteiger partial charge is 0.0714 e. The molecule has 0 saturated heterocycles. The van der Waals surface area contributed by atoms with Crippen LogP contribution in [-0.2, 0) is 21.7 Å². The first-order chi connectivity index (χ1) is 29.9. The average Bonchev–Trinajstić information content (AvgIpc) is 3.71.